The Labute approximate surface area is 161 Å². The normalized spacial score (nSPS) is 11.0. The average molecular weight is 368 g/mol. The maximum atomic E-state index is 12.4. The number of fused-ring (bicyclic) bond motifs is 3. The summed E-state index contributed by atoms with van der Waals surface area (Å²) in [4.78, 5) is 12.4. The van der Waals surface area contributed by atoms with Crippen molar-refractivity contribution in [2.75, 3.05) is 6.61 Å². The van der Waals surface area contributed by atoms with E-state index < -0.39 is 5.91 Å². The molecule has 5 heteroatoms. The van der Waals surface area contributed by atoms with E-state index >= 15 is 0 Å². The highest BCUT2D eigenvalue weighted by Crippen LogP contribution is 2.28. The smallest absolute Gasteiger partial charge is 0.307 e. The number of para-hydroxylation sites is 1. The Bertz CT molecular complexity index is 1230. The van der Waals surface area contributed by atoms with E-state index in [-0.39, 0.29) is 12.4 Å². The van der Waals surface area contributed by atoms with Crippen LogP contribution >= 0.6 is 0 Å². The molecule has 0 fully saturated rings. The standard InChI is InChI=1S/C23H16N2O3/c1-2-13-27-20-10-6-4-8-17(20)15-24-25-23(26)22-14-19-18-9-5-3-7-16(18)11-12-21(19)28-22/h1,3-12,14-15H,13H2,(H,25,26)/b24-15+. The third-order valence-corrected chi connectivity index (χ3v) is 4.25. The van der Waals surface area contributed by atoms with Crippen LogP contribution in [0, 0.1) is 12.3 Å². The fourth-order valence-corrected chi connectivity index (χ4v) is 2.96. The van der Waals surface area contributed by atoms with Crippen LogP contribution in [0.1, 0.15) is 16.1 Å². The quantitative estimate of drug-likeness (QED) is 0.323. The molecule has 0 bridgehead atoms. The van der Waals surface area contributed by atoms with Crippen LogP contribution in [0.3, 0.4) is 0 Å². The lowest BCUT2D eigenvalue weighted by molar-refractivity contribution is 0.0929. The van der Waals surface area contributed by atoms with Gasteiger partial charge in [-0.15, -0.1) is 6.42 Å². The number of nitrogens with one attached hydrogen (secondary N) is 1. The molecule has 1 N–H and O–H groups in total. The van der Waals surface area contributed by atoms with Crippen LogP contribution in [-0.4, -0.2) is 18.7 Å². The number of hydrogen-bond donors (Lipinski definition) is 1. The van der Waals surface area contributed by atoms with Crippen molar-refractivity contribution in [2.24, 2.45) is 5.10 Å². The summed E-state index contributed by atoms with van der Waals surface area (Å²) in [5.41, 5.74) is 3.84. The first-order chi connectivity index (χ1) is 13.8. The van der Waals surface area contributed by atoms with Gasteiger partial charge in [-0.2, -0.15) is 5.10 Å². The van der Waals surface area contributed by atoms with Crippen molar-refractivity contribution in [3.05, 3.63) is 78.1 Å². The number of benzene rings is 3. The van der Waals surface area contributed by atoms with Crippen LogP contribution < -0.4 is 10.2 Å². The first-order valence-electron chi connectivity index (χ1n) is 8.66. The summed E-state index contributed by atoms with van der Waals surface area (Å²) in [6.07, 6.45) is 6.72. The zero-order valence-corrected chi connectivity index (χ0v) is 14.9. The molecular formula is C23H16N2O3. The van der Waals surface area contributed by atoms with E-state index in [0.717, 1.165) is 16.2 Å². The maximum Gasteiger partial charge on any atom is 0.307 e. The first kappa shape index (κ1) is 17.4. The van der Waals surface area contributed by atoms with Crippen molar-refractivity contribution in [1.82, 2.24) is 5.43 Å². The van der Waals surface area contributed by atoms with Gasteiger partial charge in [-0.25, -0.2) is 5.43 Å². The highest BCUT2D eigenvalue weighted by molar-refractivity contribution is 6.08. The number of hydrazone groups is 1. The number of rotatable bonds is 5. The van der Waals surface area contributed by atoms with Gasteiger partial charge in [0.1, 0.15) is 17.9 Å². The fraction of sp³-hybridized carbons (Fsp3) is 0.0435. The molecule has 0 spiro atoms. The summed E-state index contributed by atoms with van der Waals surface area (Å²) in [6, 6.07) is 20.8. The Balaban J connectivity index is 1.54. The molecule has 3 aromatic carbocycles. The largest absolute Gasteiger partial charge is 0.480 e. The third kappa shape index (κ3) is 3.44. The third-order valence-electron chi connectivity index (χ3n) is 4.25. The lowest BCUT2D eigenvalue weighted by Gasteiger charge is -2.05. The zero-order chi connectivity index (χ0) is 19.3. The lowest BCUT2D eigenvalue weighted by atomic mass is 10.1. The lowest BCUT2D eigenvalue weighted by Crippen LogP contribution is -2.16. The molecule has 1 amide bonds. The molecule has 4 rings (SSSR count). The summed E-state index contributed by atoms with van der Waals surface area (Å²) in [7, 11) is 0. The van der Waals surface area contributed by atoms with Gasteiger partial charge in [0.25, 0.3) is 0 Å². The molecular weight excluding hydrogens is 352 g/mol. The Hall–Kier alpha value is -4.04. The van der Waals surface area contributed by atoms with Crippen molar-refractivity contribution < 1.29 is 13.9 Å². The molecule has 1 heterocycles. The van der Waals surface area contributed by atoms with E-state index in [1.54, 1.807) is 12.1 Å². The van der Waals surface area contributed by atoms with E-state index in [9.17, 15) is 4.79 Å². The second-order valence-electron chi connectivity index (χ2n) is 6.04. The summed E-state index contributed by atoms with van der Waals surface area (Å²) in [5, 5.41) is 7.01. The van der Waals surface area contributed by atoms with Gasteiger partial charge >= 0.3 is 5.91 Å². The molecule has 28 heavy (non-hydrogen) atoms. The van der Waals surface area contributed by atoms with Gasteiger partial charge in [-0.3, -0.25) is 4.79 Å². The zero-order valence-electron chi connectivity index (χ0n) is 14.9. The SMILES string of the molecule is C#CCOc1ccccc1/C=N/NC(=O)c1cc2c(ccc3ccccc32)o1. The van der Waals surface area contributed by atoms with Crippen molar-refractivity contribution in [2.45, 2.75) is 0 Å². The molecule has 0 saturated heterocycles. The predicted molar refractivity (Wildman–Crippen MR) is 110 cm³/mol. The Morgan fingerprint density at radius 1 is 1.11 bits per heavy atom. The van der Waals surface area contributed by atoms with Gasteiger partial charge in [0.15, 0.2) is 5.76 Å². The molecule has 0 aliphatic carbocycles. The minimum atomic E-state index is -0.432. The number of nitrogens with zero attached hydrogens (tertiary/aromatic N) is 1. The van der Waals surface area contributed by atoms with Gasteiger partial charge in [-0.05, 0) is 35.0 Å². The number of carbonyl (C=O) groups is 1. The van der Waals surface area contributed by atoms with E-state index in [4.69, 9.17) is 15.6 Å². The Morgan fingerprint density at radius 2 is 1.93 bits per heavy atom. The monoisotopic (exact) mass is 368 g/mol. The van der Waals surface area contributed by atoms with Gasteiger partial charge in [0.05, 0.1) is 6.21 Å². The van der Waals surface area contributed by atoms with Crippen molar-refractivity contribution in [1.29, 1.82) is 0 Å². The van der Waals surface area contributed by atoms with Crippen LogP contribution in [0.15, 0.2) is 76.2 Å². The van der Waals surface area contributed by atoms with Crippen LogP contribution in [0.2, 0.25) is 0 Å². The highest BCUT2D eigenvalue weighted by atomic mass is 16.5. The summed E-state index contributed by atoms with van der Waals surface area (Å²) >= 11 is 0. The van der Waals surface area contributed by atoms with Crippen LogP contribution in [-0.2, 0) is 0 Å². The van der Waals surface area contributed by atoms with E-state index in [1.807, 2.05) is 54.6 Å². The van der Waals surface area contributed by atoms with Crippen molar-refractivity contribution in [3.8, 4) is 18.1 Å². The first-order valence-corrected chi connectivity index (χ1v) is 8.66. The Morgan fingerprint density at radius 3 is 2.82 bits per heavy atom. The average Bonchev–Trinajstić information content (AvgIpc) is 3.18. The topological polar surface area (TPSA) is 63.8 Å². The number of terminal acetylenes is 1. The van der Waals surface area contributed by atoms with Gasteiger partial charge < -0.3 is 9.15 Å². The molecule has 0 saturated carbocycles. The molecule has 1 aromatic heterocycles. The van der Waals surface area contributed by atoms with E-state index in [2.05, 4.69) is 16.4 Å². The molecule has 0 aliphatic rings. The second kappa shape index (κ2) is 7.68. The maximum absolute atomic E-state index is 12.4. The second-order valence-corrected chi connectivity index (χ2v) is 6.04. The van der Waals surface area contributed by atoms with Crippen LogP contribution in [0.4, 0.5) is 0 Å². The number of furan rings is 1. The highest BCUT2D eigenvalue weighted by Gasteiger charge is 2.13. The molecule has 0 aliphatic heterocycles. The van der Waals surface area contributed by atoms with Crippen molar-refractivity contribution >= 4 is 33.9 Å². The van der Waals surface area contributed by atoms with E-state index in [0.29, 0.717) is 16.9 Å². The number of ether oxygens (including phenoxy) is 1. The van der Waals surface area contributed by atoms with Gasteiger partial charge in [0, 0.05) is 10.9 Å². The minimum absolute atomic E-state index is 0.157. The number of carbonyl (C=O) groups excluding carboxylic acids is 1. The summed E-state index contributed by atoms with van der Waals surface area (Å²) in [5.74, 6) is 2.77. The molecule has 0 radical (unpaired) electrons. The van der Waals surface area contributed by atoms with Crippen LogP contribution in [0.5, 0.6) is 5.75 Å². The minimum Gasteiger partial charge on any atom is -0.480 e. The molecule has 4 aromatic rings. The number of hydrogen-bond acceptors (Lipinski definition) is 4. The van der Waals surface area contributed by atoms with Crippen LogP contribution in [0.25, 0.3) is 21.7 Å². The predicted octanol–water partition coefficient (Wildman–Crippen LogP) is 4.36. The Kier molecular flexibility index (Phi) is 4.77. The van der Waals surface area contributed by atoms with Crippen molar-refractivity contribution in [3.63, 3.8) is 0 Å². The summed E-state index contributed by atoms with van der Waals surface area (Å²) in [6.45, 7) is 0.157. The van der Waals surface area contributed by atoms with Gasteiger partial charge in [-0.1, -0.05) is 48.4 Å². The fourth-order valence-electron chi connectivity index (χ4n) is 2.96. The molecule has 136 valence electrons. The molecule has 0 unspecified atom stereocenters. The number of amides is 1. The van der Waals surface area contributed by atoms with E-state index in [1.165, 1.54) is 6.21 Å². The summed E-state index contributed by atoms with van der Waals surface area (Å²) < 4.78 is 11.1. The molecule has 5 nitrogen and oxygen atoms in total. The molecule has 0 atom stereocenters. The van der Waals surface area contributed by atoms with Gasteiger partial charge in [0.2, 0.25) is 0 Å².